The van der Waals surface area contributed by atoms with Gasteiger partial charge in [-0.05, 0) is 25.1 Å². The van der Waals surface area contributed by atoms with Crippen molar-refractivity contribution in [2.75, 3.05) is 5.32 Å². The number of nitrogens with one attached hydrogen (secondary N) is 1. The van der Waals surface area contributed by atoms with E-state index in [1.807, 2.05) is 0 Å². The molecule has 0 aliphatic heterocycles. The third-order valence-electron chi connectivity index (χ3n) is 3.96. The largest absolute Gasteiger partial charge is 0.434 e. The van der Waals surface area contributed by atoms with E-state index in [0.29, 0.717) is 18.3 Å². The highest BCUT2D eigenvalue weighted by molar-refractivity contribution is 5.50. The zero-order valence-electron chi connectivity index (χ0n) is 14.2. The van der Waals surface area contributed by atoms with Gasteiger partial charge in [-0.3, -0.25) is 0 Å². The second-order valence-corrected chi connectivity index (χ2v) is 5.91. The summed E-state index contributed by atoms with van der Waals surface area (Å²) in [6.45, 7) is 0.903. The van der Waals surface area contributed by atoms with Crippen LogP contribution in [-0.4, -0.2) is 9.55 Å². The van der Waals surface area contributed by atoms with E-state index in [4.69, 9.17) is 0 Å². The molecule has 0 radical (unpaired) electrons. The Balaban J connectivity index is 1.83. The van der Waals surface area contributed by atoms with Crippen molar-refractivity contribution in [3.8, 4) is 5.69 Å². The number of nitrogens with zero attached hydrogens (tertiary/aromatic N) is 2. The molecule has 0 aliphatic carbocycles. The van der Waals surface area contributed by atoms with E-state index in [-0.39, 0.29) is 23.7 Å². The van der Waals surface area contributed by atoms with Crippen molar-refractivity contribution in [2.24, 2.45) is 0 Å². The van der Waals surface area contributed by atoms with Gasteiger partial charge < -0.3 is 9.88 Å². The molecule has 148 valence electrons. The van der Waals surface area contributed by atoms with Crippen LogP contribution in [0.15, 0.2) is 36.5 Å². The number of aryl methyl sites for hydroxylation is 1. The molecule has 0 bridgehead atoms. The minimum atomic E-state index is -4.67. The fraction of sp³-hybridized carbons (Fsp3) is 0.167. The van der Waals surface area contributed by atoms with Gasteiger partial charge in [-0.1, -0.05) is 0 Å². The molecule has 3 nitrogen and oxygen atoms in total. The zero-order chi connectivity index (χ0) is 20.6. The first kappa shape index (κ1) is 19.7. The van der Waals surface area contributed by atoms with Crippen LogP contribution in [0.2, 0.25) is 0 Å². The number of hydrogen-bond donors (Lipinski definition) is 1. The van der Waals surface area contributed by atoms with Crippen LogP contribution < -0.4 is 5.32 Å². The molecule has 1 N–H and O–H groups in total. The monoisotopic (exact) mass is 403 g/mol. The highest BCUT2D eigenvalue weighted by Crippen LogP contribution is 2.30. The molecule has 0 amide bonds. The van der Waals surface area contributed by atoms with Crippen LogP contribution in [-0.2, 0) is 12.7 Å². The summed E-state index contributed by atoms with van der Waals surface area (Å²) in [6.07, 6.45) is -4.00. The molecule has 0 spiro atoms. The molecular weight excluding hydrogens is 391 g/mol. The first-order valence-electron chi connectivity index (χ1n) is 7.86. The summed E-state index contributed by atoms with van der Waals surface area (Å²) < 4.78 is 93.7. The molecule has 0 saturated carbocycles. The molecule has 0 saturated heterocycles. The maximum atomic E-state index is 14.4. The molecule has 28 heavy (non-hydrogen) atoms. The third-order valence-corrected chi connectivity index (χ3v) is 3.96. The minimum Gasteiger partial charge on any atom is -0.381 e. The Hall–Kier alpha value is -3.04. The van der Waals surface area contributed by atoms with Crippen molar-refractivity contribution in [1.29, 1.82) is 0 Å². The van der Waals surface area contributed by atoms with Gasteiger partial charge in [0.2, 0.25) is 0 Å². The van der Waals surface area contributed by atoms with Crippen molar-refractivity contribution in [3.63, 3.8) is 0 Å². The number of imidazole rings is 1. The van der Waals surface area contributed by atoms with E-state index in [0.717, 1.165) is 10.6 Å². The predicted molar refractivity (Wildman–Crippen MR) is 86.9 cm³/mol. The molecule has 10 heteroatoms. The molecule has 0 fully saturated rings. The van der Waals surface area contributed by atoms with Crippen molar-refractivity contribution < 1.29 is 30.7 Å². The van der Waals surface area contributed by atoms with E-state index in [2.05, 4.69) is 10.3 Å². The second kappa shape index (κ2) is 7.17. The van der Waals surface area contributed by atoms with Gasteiger partial charge in [0.15, 0.2) is 5.69 Å². The maximum Gasteiger partial charge on any atom is 0.434 e. The fourth-order valence-corrected chi connectivity index (χ4v) is 2.60. The molecule has 1 heterocycles. The lowest BCUT2D eigenvalue weighted by Gasteiger charge is -2.11. The number of hydrogen-bond acceptors (Lipinski definition) is 2. The predicted octanol–water partition coefficient (Wildman–Crippen LogP) is 5.37. The van der Waals surface area contributed by atoms with Crippen LogP contribution in [0.4, 0.5) is 36.4 Å². The summed E-state index contributed by atoms with van der Waals surface area (Å²) in [5, 5.41) is 2.58. The molecule has 1 aromatic heterocycles. The van der Waals surface area contributed by atoms with Gasteiger partial charge in [0.05, 0.1) is 5.69 Å². The lowest BCUT2D eigenvalue weighted by molar-refractivity contribution is -0.141. The van der Waals surface area contributed by atoms with Crippen LogP contribution in [0.3, 0.4) is 0 Å². The first-order valence-corrected chi connectivity index (χ1v) is 7.86. The molecule has 2 aromatic carbocycles. The van der Waals surface area contributed by atoms with Crippen molar-refractivity contribution in [1.82, 2.24) is 9.55 Å². The molecular formula is C18H12F7N3. The van der Waals surface area contributed by atoms with Crippen LogP contribution in [0.1, 0.15) is 17.1 Å². The topological polar surface area (TPSA) is 29.9 Å². The van der Waals surface area contributed by atoms with Crippen molar-refractivity contribution in [3.05, 3.63) is 76.9 Å². The number of aromatic nitrogens is 2. The molecule has 0 atom stereocenters. The lowest BCUT2D eigenvalue weighted by Crippen LogP contribution is -2.06. The van der Waals surface area contributed by atoms with E-state index < -0.39 is 40.7 Å². The summed E-state index contributed by atoms with van der Waals surface area (Å²) in [6, 6.07) is 4.52. The maximum absolute atomic E-state index is 14.4. The minimum absolute atomic E-state index is 0.0672. The van der Waals surface area contributed by atoms with Crippen molar-refractivity contribution >= 4 is 5.69 Å². The normalized spacial score (nSPS) is 11.7. The number of alkyl halides is 3. The quantitative estimate of drug-likeness (QED) is 0.594. The third kappa shape index (κ3) is 3.95. The van der Waals surface area contributed by atoms with Crippen molar-refractivity contribution in [2.45, 2.75) is 19.6 Å². The first-order chi connectivity index (χ1) is 13.1. The highest BCUT2D eigenvalue weighted by atomic mass is 19.4. The Morgan fingerprint density at radius 2 is 1.61 bits per heavy atom. The Morgan fingerprint density at radius 1 is 0.964 bits per heavy atom. The number of halogens is 7. The standard InChI is InChI=1S/C18H12F7N3/c1-9-27-17(18(23,24)25)8-28(9)16-3-2-11(6-15(16)22)26-7-12-13(20)4-10(19)5-14(12)21/h2-6,8,26H,7H2,1H3. The van der Waals surface area contributed by atoms with E-state index >= 15 is 0 Å². The van der Waals surface area contributed by atoms with E-state index in [9.17, 15) is 30.7 Å². The van der Waals surface area contributed by atoms with Gasteiger partial charge in [0.1, 0.15) is 29.1 Å². The van der Waals surface area contributed by atoms with Crippen LogP contribution in [0, 0.1) is 30.2 Å². The van der Waals surface area contributed by atoms with E-state index in [1.54, 1.807) is 0 Å². The number of benzene rings is 2. The average molecular weight is 403 g/mol. The Bertz CT molecular complexity index is 1000. The Morgan fingerprint density at radius 3 is 2.14 bits per heavy atom. The van der Waals surface area contributed by atoms with Crippen LogP contribution in [0.25, 0.3) is 5.69 Å². The molecule has 3 aromatic rings. The SMILES string of the molecule is Cc1nc(C(F)(F)F)cn1-c1ccc(NCc2c(F)cc(F)cc2F)cc1F. The Kier molecular flexibility index (Phi) is 5.05. The molecule has 0 aliphatic rings. The van der Waals surface area contributed by atoms with Gasteiger partial charge in [0.25, 0.3) is 0 Å². The summed E-state index contributed by atoms with van der Waals surface area (Å²) >= 11 is 0. The number of rotatable bonds is 4. The molecule has 3 rings (SSSR count). The summed E-state index contributed by atoms with van der Waals surface area (Å²) in [7, 11) is 0. The van der Waals surface area contributed by atoms with E-state index in [1.165, 1.54) is 19.1 Å². The van der Waals surface area contributed by atoms with Crippen LogP contribution >= 0.6 is 0 Å². The zero-order valence-corrected chi connectivity index (χ0v) is 14.2. The summed E-state index contributed by atoms with van der Waals surface area (Å²) in [4.78, 5) is 3.37. The highest BCUT2D eigenvalue weighted by Gasteiger charge is 2.34. The smallest absolute Gasteiger partial charge is 0.381 e. The van der Waals surface area contributed by atoms with Gasteiger partial charge in [-0.25, -0.2) is 22.5 Å². The summed E-state index contributed by atoms with van der Waals surface area (Å²) in [5.74, 6) is -4.21. The molecule has 0 unspecified atom stereocenters. The van der Waals surface area contributed by atoms with Crippen LogP contribution in [0.5, 0.6) is 0 Å². The fourth-order valence-electron chi connectivity index (χ4n) is 2.60. The summed E-state index contributed by atoms with van der Waals surface area (Å²) in [5.41, 5.74) is -1.65. The van der Waals surface area contributed by atoms with Gasteiger partial charge in [-0.2, -0.15) is 13.2 Å². The van der Waals surface area contributed by atoms with Gasteiger partial charge >= 0.3 is 6.18 Å². The van der Waals surface area contributed by atoms with Gasteiger partial charge in [0, 0.05) is 36.1 Å². The lowest BCUT2D eigenvalue weighted by atomic mass is 10.2. The second-order valence-electron chi connectivity index (χ2n) is 5.91. The Labute approximate surface area is 154 Å². The van der Waals surface area contributed by atoms with Gasteiger partial charge in [-0.15, -0.1) is 0 Å². The number of anilines is 1. The average Bonchev–Trinajstić information content (AvgIpc) is 2.96.